The first-order valence-corrected chi connectivity index (χ1v) is 18.3. The molecule has 0 saturated heterocycles. The third-order valence-electron chi connectivity index (χ3n) is 10.1. The van der Waals surface area contributed by atoms with Crippen LogP contribution >= 0.6 is 0 Å². The van der Waals surface area contributed by atoms with E-state index in [0.29, 0.717) is 0 Å². The average Bonchev–Trinajstić information content (AvgIpc) is 3.47. The SMILES string of the molecule is C.C.C=C/C=C\C(C)=C(/C)CC1=C(/C=C\C)C(c2ccccc2)(c2ccccc2)c2c1ccc1c2C(C)(C)C(=C/CC(C)(C)C)/C1=C\C.CCC. The summed E-state index contributed by atoms with van der Waals surface area (Å²) >= 11 is 0. The largest absolute Gasteiger partial charge is 0.0991 e. The summed E-state index contributed by atoms with van der Waals surface area (Å²) in [5, 5.41) is 0. The Balaban J connectivity index is 0.00000174. The molecule has 0 unspecified atom stereocenters. The van der Waals surface area contributed by atoms with Gasteiger partial charge in [-0.3, -0.25) is 0 Å². The molecule has 51 heavy (non-hydrogen) atoms. The molecule has 5 rings (SSSR count). The van der Waals surface area contributed by atoms with Crippen molar-refractivity contribution in [1.82, 2.24) is 0 Å². The first kappa shape index (κ1) is 43.0. The number of benzene rings is 3. The van der Waals surface area contributed by atoms with Crippen LogP contribution in [0, 0.1) is 5.41 Å². The highest BCUT2D eigenvalue weighted by atomic mass is 14.5. The Hall–Kier alpha value is -4.16. The standard InChI is InChI=1S/C46H52.C3H8.2CH4/c1-11-14-22-32(4)33(5)31-39-38-28-27-37-36(13-3)40(29-30-44(6,7)8)45(9,10)42(37)43(38)46(41(39)21-12-2,34-23-17-15-18-24-34)35-25-19-16-20-26-35;1-3-2;;/h11-29H,1,30-31H2,2-10H3;3H2,1-2H3;2*1H4/b21-12-,22-14-,33-32+,36-13-,40-29+;;;. The van der Waals surface area contributed by atoms with Crippen LogP contribution in [0.5, 0.6) is 0 Å². The number of hydrogen-bond donors (Lipinski definition) is 0. The topological polar surface area (TPSA) is 0 Å². The lowest BCUT2D eigenvalue weighted by Gasteiger charge is -2.38. The number of rotatable bonds is 8. The van der Waals surface area contributed by atoms with Gasteiger partial charge in [-0.05, 0) is 102 Å². The van der Waals surface area contributed by atoms with Crippen molar-refractivity contribution < 1.29 is 0 Å². The molecule has 0 atom stereocenters. The van der Waals surface area contributed by atoms with Crippen LogP contribution in [0.15, 0.2) is 144 Å². The van der Waals surface area contributed by atoms with Crippen LogP contribution in [0.2, 0.25) is 0 Å². The minimum absolute atomic E-state index is 0. The van der Waals surface area contributed by atoms with E-state index in [2.05, 4.69) is 186 Å². The van der Waals surface area contributed by atoms with Crippen LogP contribution in [-0.4, -0.2) is 0 Å². The van der Waals surface area contributed by atoms with E-state index in [1.165, 1.54) is 73.2 Å². The highest BCUT2D eigenvalue weighted by molar-refractivity contribution is 5.97. The Kier molecular flexibility index (Phi) is 15.1. The Bertz CT molecular complexity index is 1780. The monoisotopic (exact) mass is 681 g/mol. The van der Waals surface area contributed by atoms with Crippen LogP contribution in [-0.2, 0) is 10.8 Å². The molecule has 3 aromatic carbocycles. The van der Waals surface area contributed by atoms with Crippen molar-refractivity contribution in [1.29, 1.82) is 0 Å². The molecule has 0 heterocycles. The first-order valence-electron chi connectivity index (χ1n) is 18.3. The Morgan fingerprint density at radius 1 is 0.784 bits per heavy atom. The summed E-state index contributed by atoms with van der Waals surface area (Å²) in [6, 6.07) is 27.4. The third kappa shape index (κ3) is 8.17. The number of hydrogen-bond acceptors (Lipinski definition) is 0. The van der Waals surface area contributed by atoms with Gasteiger partial charge in [0.25, 0.3) is 0 Å². The lowest BCUT2D eigenvalue weighted by atomic mass is 9.63. The summed E-state index contributed by atoms with van der Waals surface area (Å²) < 4.78 is 0. The number of allylic oxidation sites excluding steroid dienone is 13. The zero-order chi connectivity index (χ0) is 36.0. The van der Waals surface area contributed by atoms with Gasteiger partial charge in [0, 0.05) is 5.41 Å². The number of fused-ring (bicyclic) bond motifs is 3. The predicted octanol–water partition coefficient (Wildman–Crippen LogP) is 15.6. The molecule has 0 fully saturated rings. The fraction of sp³-hybridized carbons (Fsp3) is 0.373. The van der Waals surface area contributed by atoms with Crippen molar-refractivity contribution in [2.45, 2.75) is 121 Å². The van der Waals surface area contributed by atoms with Crippen LogP contribution in [0.25, 0.3) is 11.1 Å². The fourth-order valence-electron chi connectivity index (χ4n) is 7.81. The van der Waals surface area contributed by atoms with E-state index < -0.39 is 5.41 Å². The Morgan fingerprint density at radius 3 is 1.78 bits per heavy atom. The molecule has 2 aliphatic carbocycles. The minimum Gasteiger partial charge on any atom is -0.0991 e. The summed E-state index contributed by atoms with van der Waals surface area (Å²) in [7, 11) is 0. The van der Waals surface area contributed by atoms with E-state index in [0.717, 1.165) is 12.8 Å². The van der Waals surface area contributed by atoms with Gasteiger partial charge in [0.2, 0.25) is 0 Å². The smallest absolute Gasteiger partial charge is 0.0713 e. The van der Waals surface area contributed by atoms with Crippen LogP contribution in [0.4, 0.5) is 0 Å². The molecule has 3 aromatic rings. The zero-order valence-corrected chi connectivity index (χ0v) is 32.3. The highest BCUT2D eigenvalue weighted by Crippen LogP contribution is 2.63. The average molecular weight is 681 g/mol. The molecule has 272 valence electrons. The second kappa shape index (κ2) is 17.9. The second-order valence-electron chi connectivity index (χ2n) is 15.4. The lowest BCUT2D eigenvalue weighted by molar-refractivity contribution is 0.418. The van der Waals surface area contributed by atoms with E-state index >= 15 is 0 Å². The highest BCUT2D eigenvalue weighted by Gasteiger charge is 2.52. The summed E-state index contributed by atoms with van der Waals surface area (Å²) in [5.41, 5.74) is 16.1. The van der Waals surface area contributed by atoms with Gasteiger partial charge in [-0.15, -0.1) is 0 Å². The van der Waals surface area contributed by atoms with Gasteiger partial charge in [0.1, 0.15) is 0 Å². The van der Waals surface area contributed by atoms with E-state index in [1.807, 2.05) is 12.2 Å². The molecule has 0 spiro atoms. The molecule has 0 bridgehead atoms. The minimum atomic E-state index is -0.466. The van der Waals surface area contributed by atoms with E-state index in [9.17, 15) is 0 Å². The third-order valence-corrected chi connectivity index (χ3v) is 10.1. The Labute approximate surface area is 314 Å². The van der Waals surface area contributed by atoms with Crippen molar-refractivity contribution in [3.05, 3.63) is 178 Å². The van der Waals surface area contributed by atoms with E-state index in [4.69, 9.17) is 0 Å². The molecule has 0 heteroatoms. The van der Waals surface area contributed by atoms with Crippen LogP contribution < -0.4 is 0 Å². The van der Waals surface area contributed by atoms with Crippen molar-refractivity contribution in [2.24, 2.45) is 5.41 Å². The van der Waals surface area contributed by atoms with Crippen LogP contribution in [0.3, 0.4) is 0 Å². The van der Waals surface area contributed by atoms with Crippen LogP contribution in [0.1, 0.15) is 144 Å². The first-order chi connectivity index (χ1) is 23.3. The molecule has 0 nitrogen and oxygen atoms in total. The van der Waals surface area contributed by atoms with E-state index in [-0.39, 0.29) is 25.7 Å². The maximum Gasteiger partial charge on any atom is 0.0713 e. The maximum absolute atomic E-state index is 3.90. The summed E-state index contributed by atoms with van der Waals surface area (Å²) in [4.78, 5) is 0. The summed E-state index contributed by atoms with van der Waals surface area (Å²) in [6.07, 6.45) is 18.8. The van der Waals surface area contributed by atoms with Crippen molar-refractivity contribution in [3.63, 3.8) is 0 Å². The van der Waals surface area contributed by atoms with Gasteiger partial charge in [0.15, 0.2) is 0 Å². The molecule has 0 radical (unpaired) electrons. The normalized spacial score (nSPS) is 17.8. The lowest BCUT2D eigenvalue weighted by Crippen LogP contribution is -2.33. The predicted molar refractivity (Wildman–Crippen MR) is 232 cm³/mol. The quantitative estimate of drug-likeness (QED) is 0.208. The van der Waals surface area contributed by atoms with Gasteiger partial charge in [-0.25, -0.2) is 0 Å². The molecule has 0 amide bonds. The van der Waals surface area contributed by atoms with Gasteiger partial charge in [-0.1, -0.05) is 203 Å². The van der Waals surface area contributed by atoms with Gasteiger partial charge >= 0.3 is 0 Å². The zero-order valence-electron chi connectivity index (χ0n) is 32.3. The molecule has 0 N–H and O–H groups in total. The molecule has 2 aliphatic rings. The maximum atomic E-state index is 3.90. The van der Waals surface area contributed by atoms with E-state index in [1.54, 1.807) is 0 Å². The molecular formula is C51H68. The summed E-state index contributed by atoms with van der Waals surface area (Å²) in [5.74, 6) is 0. The summed E-state index contributed by atoms with van der Waals surface area (Å²) in [6.45, 7) is 29.0. The molecular weight excluding hydrogens is 613 g/mol. The fourth-order valence-corrected chi connectivity index (χ4v) is 7.81. The van der Waals surface area contributed by atoms with Crippen molar-refractivity contribution in [2.75, 3.05) is 0 Å². The molecule has 0 aliphatic heterocycles. The molecule has 0 aromatic heterocycles. The van der Waals surface area contributed by atoms with Gasteiger partial charge in [-0.2, -0.15) is 0 Å². The van der Waals surface area contributed by atoms with Gasteiger partial charge in [0.05, 0.1) is 5.41 Å². The van der Waals surface area contributed by atoms with Gasteiger partial charge < -0.3 is 0 Å². The van der Waals surface area contributed by atoms with Crippen molar-refractivity contribution >= 4 is 11.1 Å². The second-order valence-corrected chi connectivity index (χ2v) is 15.4. The molecule has 0 saturated carbocycles. The van der Waals surface area contributed by atoms with Crippen molar-refractivity contribution in [3.8, 4) is 0 Å². The Morgan fingerprint density at radius 2 is 1.31 bits per heavy atom.